The summed E-state index contributed by atoms with van der Waals surface area (Å²) in [6, 6.07) is 14.7. The highest BCUT2D eigenvalue weighted by molar-refractivity contribution is 6.31. The number of halogens is 1. The number of rotatable bonds is 4. The second-order valence-corrected chi connectivity index (χ2v) is 8.76. The SMILES string of the molecule is Cc1ccc(N2CCN(Cc3nc(N4CCOCC4)c4ccc(Cl)cc4n3)CC2)cc1. The van der Waals surface area contributed by atoms with Crippen LogP contribution in [-0.2, 0) is 11.3 Å². The fraction of sp³-hybridized carbons (Fsp3) is 0.417. The minimum atomic E-state index is 0.705. The Kier molecular flexibility index (Phi) is 5.94. The maximum absolute atomic E-state index is 6.28. The van der Waals surface area contributed by atoms with Crippen LogP contribution in [-0.4, -0.2) is 67.4 Å². The van der Waals surface area contributed by atoms with Gasteiger partial charge in [0, 0.05) is 55.4 Å². The molecular formula is C24H28ClN5O. The van der Waals surface area contributed by atoms with E-state index in [9.17, 15) is 0 Å². The fourth-order valence-electron chi connectivity index (χ4n) is 4.34. The van der Waals surface area contributed by atoms with Crippen molar-refractivity contribution in [1.29, 1.82) is 0 Å². The minimum absolute atomic E-state index is 0.705. The van der Waals surface area contributed by atoms with Gasteiger partial charge in [0.25, 0.3) is 0 Å². The summed E-state index contributed by atoms with van der Waals surface area (Å²) in [6.45, 7) is 10.1. The fourth-order valence-corrected chi connectivity index (χ4v) is 4.51. The monoisotopic (exact) mass is 437 g/mol. The summed E-state index contributed by atoms with van der Waals surface area (Å²) in [6.07, 6.45) is 0. The summed E-state index contributed by atoms with van der Waals surface area (Å²) in [4.78, 5) is 17.1. The van der Waals surface area contributed by atoms with Crippen LogP contribution >= 0.6 is 11.6 Å². The zero-order valence-electron chi connectivity index (χ0n) is 17.9. The van der Waals surface area contributed by atoms with Crippen molar-refractivity contribution < 1.29 is 4.74 Å². The van der Waals surface area contributed by atoms with Gasteiger partial charge in [0.15, 0.2) is 0 Å². The number of hydrogen-bond donors (Lipinski definition) is 0. The molecule has 0 spiro atoms. The van der Waals surface area contributed by atoms with Crippen LogP contribution in [0.25, 0.3) is 10.9 Å². The lowest BCUT2D eigenvalue weighted by Crippen LogP contribution is -2.46. The first-order chi connectivity index (χ1) is 15.2. The summed E-state index contributed by atoms with van der Waals surface area (Å²) in [5, 5.41) is 1.76. The second-order valence-electron chi connectivity index (χ2n) is 8.32. The lowest BCUT2D eigenvalue weighted by Gasteiger charge is -2.36. The van der Waals surface area contributed by atoms with Crippen molar-refractivity contribution in [3.63, 3.8) is 0 Å². The average molecular weight is 438 g/mol. The molecule has 0 saturated carbocycles. The molecule has 2 saturated heterocycles. The van der Waals surface area contributed by atoms with Gasteiger partial charge >= 0.3 is 0 Å². The molecule has 0 aliphatic carbocycles. The minimum Gasteiger partial charge on any atom is -0.378 e. The predicted octanol–water partition coefficient (Wildman–Crippen LogP) is 3.75. The van der Waals surface area contributed by atoms with Crippen LogP contribution in [0, 0.1) is 6.92 Å². The van der Waals surface area contributed by atoms with Gasteiger partial charge in [0.05, 0.1) is 25.3 Å². The normalized spacial score (nSPS) is 18.0. The van der Waals surface area contributed by atoms with Gasteiger partial charge in [-0.05, 0) is 37.3 Å². The van der Waals surface area contributed by atoms with E-state index in [4.69, 9.17) is 26.3 Å². The van der Waals surface area contributed by atoms with Crippen molar-refractivity contribution in [2.24, 2.45) is 0 Å². The molecule has 2 aliphatic heterocycles. The third-order valence-corrected chi connectivity index (χ3v) is 6.37. The van der Waals surface area contributed by atoms with Crippen molar-refractivity contribution >= 4 is 34.0 Å². The van der Waals surface area contributed by atoms with Gasteiger partial charge in [0.1, 0.15) is 11.6 Å². The Morgan fingerprint density at radius 2 is 1.61 bits per heavy atom. The Bertz CT molecular complexity index is 1040. The number of aromatic nitrogens is 2. The Balaban J connectivity index is 1.33. The molecular weight excluding hydrogens is 410 g/mol. The molecule has 2 aromatic carbocycles. The largest absolute Gasteiger partial charge is 0.378 e. The van der Waals surface area contributed by atoms with Crippen LogP contribution in [0.5, 0.6) is 0 Å². The van der Waals surface area contributed by atoms with E-state index in [1.807, 2.05) is 18.2 Å². The van der Waals surface area contributed by atoms with Crippen molar-refractivity contribution in [2.75, 3.05) is 62.3 Å². The van der Waals surface area contributed by atoms with Gasteiger partial charge in [-0.1, -0.05) is 29.3 Å². The van der Waals surface area contributed by atoms with Crippen molar-refractivity contribution in [3.8, 4) is 0 Å². The molecule has 0 atom stereocenters. The van der Waals surface area contributed by atoms with Crippen LogP contribution < -0.4 is 9.80 Å². The van der Waals surface area contributed by atoms with Crippen molar-refractivity contribution in [2.45, 2.75) is 13.5 Å². The highest BCUT2D eigenvalue weighted by Crippen LogP contribution is 2.27. The number of benzene rings is 2. The average Bonchev–Trinajstić information content (AvgIpc) is 2.80. The summed E-state index contributed by atoms with van der Waals surface area (Å²) in [5.74, 6) is 1.86. The zero-order chi connectivity index (χ0) is 21.2. The molecule has 0 amide bonds. The molecule has 0 unspecified atom stereocenters. The van der Waals surface area contributed by atoms with Gasteiger partial charge in [0.2, 0.25) is 0 Å². The summed E-state index contributed by atoms with van der Waals surface area (Å²) >= 11 is 6.28. The van der Waals surface area contributed by atoms with Crippen LogP contribution in [0.4, 0.5) is 11.5 Å². The van der Waals surface area contributed by atoms with Crippen LogP contribution in [0.1, 0.15) is 11.4 Å². The van der Waals surface area contributed by atoms with E-state index in [2.05, 4.69) is 45.9 Å². The molecule has 7 heteroatoms. The van der Waals surface area contributed by atoms with Gasteiger partial charge in [-0.25, -0.2) is 9.97 Å². The third kappa shape index (κ3) is 4.61. The quantitative estimate of drug-likeness (QED) is 0.619. The van der Waals surface area contributed by atoms with Gasteiger partial charge in [-0.2, -0.15) is 0 Å². The first-order valence-corrected chi connectivity index (χ1v) is 11.4. The Morgan fingerprint density at radius 3 is 2.35 bits per heavy atom. The number of piperazine rings is 1. The molecule has 3 aromatic rings. The van der Waals surface area contributed by atoms with Crippen molar-refractivity contribution in [1.82, 2.24) is 14.9 Å². The van der Waals surface area contributed by atoms with E-state index < -0.39 is 0 Å². The number of ether oxygens (including phenoxy) is 1. The molecule has 162 valence electrons. The Labute approximate surface area is 188 Å². The van der Waals surface area contributed by atoms with E-state index in [0.717, 1.165) is 81.6 Å². The predicted molar refractivity (Wildman–Crippen MR) is 126 cm³/mol. The first kappa shape index (κ1) is 20.5. The zero-order valence-corrected chi connectivity index (χ0v) is 18.7. The number of fused-ring (bicyclic) bond motifs is 1. The number of aryl methyl sites for hydroxylation is 1. The number of morpholine rings is 1. The molecule has 1 aromatic heterocycles. The van der Waals surface area contributed by atoms with E-state index in [0.29, 0.717) is 5.02 Å². The smallest absolute Gasteiger partial charge is 0.145 e. The van der Waals surface area contributed by atoms with Crippen LogP contribution in [0.15, 0.2) is 42.5 Å². The molecule has 0 bridgehead atoms. The molecule has 6 nitrogen and oxygen atoms in total. The summed E-state index contributed by atoms with van der Waals surface area (Å²) < 4.78 is 5.54. The van der Waals surface area contributed by atoms with E-state index in [1.165, 1.54) is 11.3 Å². The Morgan fingerprint density at radius 1 is 0.871 bits per heavy atom. The highest BCUT2D eigenvalue weighted by atomic mass is 35.5. The van der Waals surface area contributed by atoms with E-state index in [-0.39, 0.29) is 0 Å². The maximum Gasteiger partial charge on any atom is 0.145 e. The summed E-state index contributed by atoms with van der Waals surface area (Å²) in [7, 11) is 0. The lowest BCUT2D eigenvalue weighted by atomic mass is 10.2. The van der Waals surface area contributed by atoms with Crippen LogP contribution in [0.3, 0.4) is 0 Å². The molecule has 3 heterocycles. The maximum atomic E-state index is 6.28. The topological polar surface area (TPSA) is 44.7 Å². The van der Waals surface area contributed by atoms with Crippen LogP contribution in [0.2, 0.25) is 5.02 Å². The molecule has 0 N–H and O–H groups in total. The lowest BCUT2D eigenvalue weighted by molar-refractivity contribution is 0.122. The third-order valence-electron chi connectivity index (χ3n) is 6.13. The number of anilines is 2. The van der Waals surface area contributed by atoms with Crippen molar-refractivity contribution in [3.05, 3.63) is 58.9 Å². The van der Waals surface area contributed by atoms with E-state index in [1.54, 1.807) is 0 Å². The molecule has 5 rings (SSSR count). The second kappa shape index (κ2) is 8.99. The number of nitrogens with zero attached hydrogens (tertiary/aromatic N) is 5. The van der Waals surface area contributed by atoms with Gasteiger partial charge in [-0.15, -0.1) is 0 Å². The molecule has 2 aliphatic rings. The summed E-state index contributed by atoms with van der Waals surface area (Å²) in [5.41, 5.74) is 3.51. The van der Waals surface area contributed by atoms with E-state index >= 15 is 0 Å². The van der Waals surface area contributed by atoms with Gasteiger partial charge in [-0.3, -0.25) is 4.90 Å². The molecule has 0 radical (unpaired) electrons. The first-order valence-electron chi connectivity index (χ1n) is 11.0. The highest BCUT2D eigenvalue weighted by Gasteiger charge is 2.21. The number of hydrogen-bond acceptors (Lipinski definition) is 6. The standard InChI is InChI=1S/C24H28ClN5O/c1-18-2-5-20(6-3-18)29-10-8-28(9-11-29)17-23-26-22-16-19(25)4-7-21(22)24(27-23)30-12-14-31-15-13-30/h2-7,16H,8-15,17H2,1H3. The molecule has 2 fully saturated rings. The molecule has 31 heavy (non-hydrogen) atoms. The van der Waals surface area contributed by atoms with Gasteiger partial charge < -0.3 is 14.5 Å². The Hall–Kier alpha value is -2.41.